The summed E-state index contributed by atoms with van der Waals surface area (Å²) in [6.07, 6.45) is -7.18. The van der Waals surface area contributed by atoms with Crippen LogP contribution in [0.5, 0.6) is 0 Å². The first-order chi connectivity index (χ1) is 7.47. The molecule has 0 spiro atoms. The highest BCUT2D eigenvalue weighted by molar-refractivity contribution is 4.88. The van der Waals surface area contributed by atoms with E-state index in [0.717, 1.165) is 0 Å². The number of hydrogen-bond donors (Lipinski definition) is 5. The Labute approximate surface area is 92.9 Å². The van der Waals surface area contributed by atoms with Gasteiger partial charge in [-0.25, -0.2) is 0 Å². The quantitative estimate of drug-likeness (QED) is 0.358. The average molecular weight is 238 g/mol. The van der Waals surface area contributed by atoms with Crippen LogP contribution in [-0.4, -0.2) is 75.6 Å². The minimum atomic E-state index is -1.45. The van der Waals surface area contributed by atoms with Gasteiger partial charge in [-0.3, -0.25) is 0 Å². The van der Waals surface area contributed by atoms with E-state index < -0.39 is 43.4 Å². The normalized spacial score (nSPS) is 42.0. The lowest BCUT2D eigenvalue weighted by molar-refractivity contribution is -0.304. The zero-order valence-electron chi connectivity index (χ0n) is 8.93. The van der Waals surface area contributed by atoms with Gasteiger partial charge in [0, 0.05) is 0 Å². The highest BCUT2D eigenvalue weighted by atomic mass is 16.7. The first-order valence-corrected chi connectivity index (χ1v) is 5.07. The van der Waals surface area contributed by atoms with Crippen LogP contribution in [0.15, 0.2) is 0 Å². The number of hydrogen-bond acceptors (Lipinski definition) is 7. The molecule has 0 saturated carbocycles. The molecule has 1 rings (SSSR count). The van der Waals surface area contributed by atoms with Crippen LogP contribution in [0.1, 0.15) is 6.92 Å². The summed E-state index contributed by atoms with van der Waals surface area (Å²) in [6.45, 7) is 0.909. The number of aliphatic hydroxyl groups is 5. The van der Waals surface area contributed by atoms with Crippen LogP contribution < -0.4 is 0 Å². The Morgan fingerprint density at radius 1 is 1.19 bits per heavy atom. The van der Waals surface area contributed by atoms with Crippen LogP contribution >= 0.6 is 0 Å². The summed E-state index contributed by atoms with van der Waals surface area (Å²) in [4.78, 5) is 0. The van der Waals surface area contributed by atoms with E-state index in [1.54, 1.807) is 0 Å². The van der Waals surface area contributed by atoms with Crippen molar-refractivity contribution in [2.24, 2.45) is 0 Å². The molecule has 0 bridgehead atoms. The molecule has 0 aromatic heterocycles. The van der Waals surface area contributed by atoms with E-state index >= 15 is 0 Å². The lowest BCUT2D eigenvalue weighted by Gasteiger charge is -2.39. The van der Waals surface area contributed by atoms with E-state index in [2.05, 4.69) is 0 Å². The standard InChI is InChI=1S/C9H18O7/c1-4(11)3-15-9-8(14)7(13)6(12)5(2-10)16-9/h4-14H,2-3H2,1H3/t4?,5-,6-,7+,8-,9?/m1/s1. The fraction of sp³-hybridized carbons (Fsp3) is 1.00. The second-order valence-electron chi connectivity index (χ2n) is 3.88. The highest BCUT2D eigenvalue weighted by Crippen LogP contribution is 2.21. The molecule has 1 aliphatic heterocycles. The molecule has 0 aliphatic carbocycles. The van der Waals surface area contributed by atoms with E-state index in [-0.39, 0.29) is 6.61 Å². The van der Waals surface area contributed by atoms with Gasteiger partial charge in [0.05, 0.1) is 19.3 Å². The third kappa shape index (κ3) is 3.11. The first kappa shape index (κ1) is 13.8. The predicted octanol–water partition coefficient (Wildman–Crippen LogP) is -2.82. The molecular weight excluding hydrogens is 220 g/mol. The zero-order chi connectivity index (χ0) is 12.3. The molecular formula is C9H18O7. The molecule has 1 heterocycles. The molecule has 96 valence electrons. The van der Waals surface area contributed by atoms with E-state index in [1.165, 1.54) is 6.92 Å². The molecule has 0 amide bonds. The van der Waals surface area contributed by atoms with Crippen molar-refractivity contribution in [2.45, 2.75) is 43.7 Å². The van der Waals surface area contributed by atoms with Gasteiger partial charge in [-0.05, 0) is 6.92 Å². The highest BCUT2D eigenvalue weighted by Gasteiger charge is 2.43. The van der Waals surface area contributed by atoms with Crippen molar-refractivity contribution >= 4 is 0 Å². The largest absolute Gasteiger partial charge is 0.394 e. The van der Waals surface area contributed by atoms with Crippen LogP contribution in [0.2, 0.25) is 0 Å². The molecule has 1 aliphatic rings. The van der Waals surface area contributed by atoms with Gasteiger partial charge in [-0.2, -0.15) is 0 Å². The lowest BCUT2D eigenvalue weighted by Crippen LogP contribution is -2.59. The van der Waals surface area contributed by atoms with Crippen LogP contribution in [0, 0.1) is 0 Å². The average Bonchev–Trinajstić information content (AvgIpc) is 2.25. The summed E-state index contributed by atoms with van der Waals surface area (Å²) in [7, 11) is 0. The summed E-state index contributed by atoms with van der Waals surface area (Å²) >= 11 is 0. The second-order valence-corrected chi connectivity index (χ2v) is 3.88. The molecule has 7 nitrogen and oxygen atoms in total. The summed E-state index contributed by atoms with van der Waals surface area (Å²) in [5.41, 5.74) is 0. The van der Waals surface area contributed by atoms with Crippen LogP contribution in [0.3, 0.4) is 0 Å². The van der Waals surface area contributed by atoms with Crippen molar-refractivity contribution in [2.75, 3.05) is 13.2 Å². The molecule has 0 aromatic carbocycles. The molecule has 2 unspecified atom stereocenters. The van der Waals surface area contributed by atoms with E-state index in [4.69, 9.17) is 19.7 Å². The Balaban J connectivity index is 2.56. The van der Waals surface area contributed by atoms with Gasteiger partial charge in [0.25, 0.3) is 0 Å². The van der Waals surface area contributed by atoms with E-state index in [1.807, 2.05) is 0 Å². The molecule has 1 fully saturated rings. The second kappa shape index (κ2) is 5.87. The number of aliphatic hydroxyl groups excluding tert-OH is 5. The minimum Gasteiger partial charge on any atom is -0.394 e. The van der Waals surface area contributed by atoms with Gasteiger partial charge in [-0.1, -0.05) is 0 Å². The Kier molecular flexibility index (Phi) is 5.06. The van der Waals surface area contributed by atoms with Crippen molar-refractivity contribution in [3.8, 4) is 0 Å². The van der Waals surface area contributed by atoms with Gasteiger partial charge in [0.1, 0.15) is 24.4 Å². The fourth-order valence-electron chi connectivity index (χ4n) is 1.44. The Morgan fingerprint density at radius 2 is 1.81 bits per heavy atom. The zero-order valence-corrected chi connectivity index (χ0v) is 8.93. The Bertz CT molecular complexity index is 208. The summed E-state index contributed by atoms with van der Waals surface area (Å²) in [5, 5.41) is 46.2. The molecule has 16 heavy (non-hydrogen) atoms. The first-order valence-electron chi connectivity index (χ1n) is 5.07. The summed E-state index contributed by atoms with van der Waals surface area (Å²) in [5.74, 6) is 0. The van der Waals surface area contributed by atoms with Crippen molar-refractivity contribution in [3.63, 3.8) is 0 Å². The maximum absolute atomic E-state index is 9.51. The molecule has 0 radical (unpaired) electrons. The topological polar surface area (TPSA) is 120 Å². The van der Waals surface area contributed by atoms with Gasteiger partial charge < -0.3 is 35.0 Å². The number of rotatable bonds is 4. The third-order valence-corrected chi connectivity index (χ3v) is 2.35. The van der Waals surface area contributed by atoms with Gasteiger partial charge in [-0.15, -0.1) is 0 Å². The lowest BCUT2D eigenvalue weighted by atomic mass is 9.99. The van der Waals surface area contributed by atoms with E-state index in [0.29, 0.717) is 0 Å². The molecule has 5 N–H and O–H groups in total. The third-order valence-electron chi connectivity index (χ3n) is 2.35. The Hall–Kier alpha value is -0.280. The monoisotopic (exact) mass is 238 g/mol. The van der Waals surface area contributed by atoms with Crippen LogP contribution in [0.4, 0.5) is 0 Å². The fourth-order valence-corrected chi connectivity index (χ4v) is 1.44. The predicted molar refractivity (Wildman–Crippen MR) is 51.4 cm³/mol. The van der Waals surface area contributed by atoms with Crippen LogP contribution in [0.25, 0.3) is 0 Å². The van der Waals surface area contributed by atoms with Crippen molar-refractivity contribution < 1.29 is 35.0 Å². The van der Waals surface area contributed by atoms with Crippen molar-refractivity contribution in [1.29, 1.82) is 0 Å². The summed E-state index contributed by atoms with van der Waals surface area (Å²) in [6, 6.07) is 0. The van der Waals surface area contributed by atoms with Gasteiger partial charge in [0.2, 0.25) is 0 Å². The minimum absolute atomic E-state index is 0.0807. The summed E-state index contributed by atoms with van der Waals surface area (Å²) < 4.78 is 10.0. The van der Waals surface area contributed by atoms with Gasteiger partial charge in [0.15, 0.2) is 6.29 Å². The van der Waals surface area contributed by atoms with Gasteiger partial charge >= 0.3 is 0 Å². The number of ether oxygens (including phenoxy) is 2. The molecule has 1 saturated heterocycles. The van der Waals surface area contributed by atoms with Crippen molar-refractivity contribution in [3.05, 3.63) is 0 Å². The van der Waals surface area contributed by atoms with Crippen LogP contribution in [-0.2, 0) is 9.47 Å². The maximum atomic E-state index is 9.51. The molecule has 7 heteroatoms. The van der Waals surface area contributed by atoms with Crippen molar-refractivity contribution in [1.82, 2.24) is 0 Å². The smallest absolute Gasteiger partial charge is 0.186 e. The molecule has 0 aromatic rings. The van der Waals surface area contributed by atoms with E-state index in [9.17, 15) is 15.3 Å². The SMILES string of the molecule is CC(O)COC1O[C@H](CO)[C@@H](O)[C@H](O)[C@H]1O. The Morgan fingerprint density at radius 3 is 2.31 bits per heavy atom. The molecule has 6 atom stereocenters. The maximum Gasteiger partial charge on any atom is 0.186 e.